The molecular formula is C17H18FNO4S. The Labute approximate surface area is 140 Å². The number of carbonyl (C=O) groups excluding carboxylic acids is 1. The number of rotatable bonds is 6. The predicted molar refractivity (Wildman–Crippen MR) is 89.3 cm³/mol. The molecule has 2 aromatic rings. The molecule has 2 rings (SSSR count). The molecule has 0 saturated carbocycles. The summed E-state index contributed by atoms with van der Waals surface area (Å²) in [7, 11) is -3.27. The van der Waals surface area contributed by atoms with Crippen LogP contribution in [0.1, 0.15) is 13.8 Å². The Morgan fingerprint density at radius 2 is 1.71 bits per heavy atom. The first kappa shape index (κ1) is 17.9. The first-order valence-corrected chi connectivity index (χ1v) is 9.03. The van der Waals surface area contributed by atoms with Crippen molar-refractivity contribution in [2.75, 3.05) is 11.1 Å². The minimum atomic E-state index is -3.27. The molecule has 0 aliphatic rings. The summed E-state index contributed by atoms with van der Waals surface area (Å²) in [5, 5.41) is 2.64. The number of nitrogens with one attached hydrogen (secondary N) is 1. The number of ether oxygens (including phenoxy) is 1. The molecule has 0 aliphatic carbocycles. The Kier molecular flexibility index (Phi) is 5.56. The second-order valence-electron chi connectivity index (χ2n) is 5.13. The molecule has 2 aromatic carbocycles. The topological polar surface area (TPSA) is 72.5 Å². The monoisotopic (exact) mass is 351 g/mol. The molecule has 5 nitrogen and oxygen atoms in total. The Morgan fingerprint density at radius 1 is 1.12 bits per heavy atom. The van der Waals surface area contributed by atoms with Crippen LogP contribution in [0.5, 0.6) is 5.75 Å². The molecule has 0 spiro atoms. The van der Waals surface area contributed by atoms with Gasteiger partial charge in [0.15, 0.2) is 15.9 Å². The quantitative estimate of drug-likeness (QED) is 0.868. The van der Waals surface area contributed by atoms with Crippen molar-refractivity contribution in [2.24, 2.45) is 0 Å². The van der Waals surface area contributed by atoms with Crippen molar-refractivity contribution in [3.8, 4) is 5.75 Å². The normalized spacial score (nSPS) is 12.5. The SMILES string of the molecule is CCS(=O)(=O)c1ccc(NC(=O)[C@@H](C)Oc2ccc(F)cc2)cc1. The van der Waals surface area contributed by atoms with Crippen LogP contribution in [0.2, 0.25) is 0 Å². The summed E-state index contributed by atoms with van der Waals surface area (Å²) in [6.07, 6.45) is -0.797. The Morgan fingerprint density at radius 3 is 2.25 bits per heavy atom. The fourth-order valence-electron chi connectivity index (χ4n) is 1.93. The highest BCUT2D eigenvalue weighted by molar-refractivity contribution is 7.91. The maximum Gasteiger partial charge on any atom is 0.265 e. The van der Waals surface area contributed by atoms with E-state index in [0.717, 1.165) is 0 Å². The van der Waals surface area contributed by atoms with Crippen LogP contribution < -0.4 is 10.1 Å². The summed E-state index contributed by atoms with van der Waals surface area (Å²) in [4.78, 5) is 12.3. The highest BCUT2D eigenvalue weighted by Crippen LogP contribution is 2.17. The van der Waals surface area contributed by atoms with E-state index in [-0.39, 0.29) is 16.5 Å². The molecule has 0 aliphatic heterocycles. The van der Waals surface area contributed by atoms with E-state index >= 15 is 0 Å². The fourth-order valence-corrected chi connectivity index (χ4v) is 2.81. The summed E-state index contributed by atoms with van der Waals surface area (Å²) in [6, 6.07) is 11.3. The third-order valence-corrected chi connectivity index (χ3v) is 5.11. The molecule has 0 radical (unpaired) electrons. The van der Waals surface area contributed by atoms with Gasteiger partial charge in [0, 0.05) is 5.69 Å². The molecular weight excluding hydrogens is 333 g/mol. The van der Waals surface area contributed by atoms with Crippen LogP contribution >= 0.6 is 0 Å². The molecule has 7 heteroatoms. The van der Waals surface area contributed by atoms with E-state index < -0.39 is 21.8 Å². The number of sulfone groups is 1. The molecule has 0 aromatic heterocycles. The molecule has 128 valence electrons. The van der Waals surface area contributed by atoms with Crippen LogP contribution in [0.4, 0.5) is 10.1 Å². The van der Waals surface area contributed by atoms with Gasteiger partial charge in [-0.05, 0) is 55.5 Å². The smallest absolute Gasteiger partial charge is 0.265 e. The molecule has 1 atom stereocenters. The van der Waals surface area contributed by atoms with Crippen molar-refractivity contribution in [2.45, 2.75) is 24.8 Å². The van der Waals surface area contributed by atoms with Gasteiger partial charge in [-0.2, -0.15) is 0 Å². The van der Waals surface area contributed by atoms with Crippen molar-refractivity contribution in [1.29, 1.82) is 0 Å². The highest BCUT2D eigenvalue weighted by atomic mass is 32.2. The molecule has 1 N–H and O–H groups in total. The van der Waals surface area contributed by atoms with Gasteiger partial charge < -0.3 is 10.1 Å². The largest absolute Gasteiger partial charge is 0.481 e. The van der Waals surface area contributed by atoms with Crippen molar-refractivity contribution in [3.63, 3.8) is 0 Å². The zero-order valence-corrected chi connectivity index (χ0v) is 14.1. The molecule has 0 saturated heterocycles. The van der Waals surface area contributed by atoms with Crippen LogP contribution in [0, 0.1) is 5.82 Å². The highest BCUT2D eigenvalue weighted by Gasteiger charge is 2.16. The van der Waals surface area contributed by atoms with E-state index in [1.807, 2.05) is 0 Å². The number of anilines is 1. The number of carbonyl (C=O) groups is 1. The minimum Gasteiger partial charge on any atom is -0.481 e. The number of hydrogen-bond acceptors (Lipinski definition) is 4. The summed E-state index contributed by atoms with van der Waals surface area (Å²) >= 11 is 0. The van der Waals surface area contributed by atoms with Gasteiger partial charge in [-0.15, -0.1) is 0 Å². The fraction of sp³-hybridized carbons (Fsp3) is 0.235. The molecule has 24 heavy (non-hydrogen) atoms. The molecule has 0 heterocycles. The number of halogens is 1. The maximum absolute atomic E-state index is 12.8. The second kappa shape index (κ2) is 7.44. The number of amides is 1. The van der Waals surface area contributed by atoms with Gasteiger partial charge in [-0.3, -0.25) is 4.79 Å². The summed E-state index contributed by atoms with van der Waals surface area (Å²) in [5.41, 5.74) is 0.463. The third kappa shape index (κ3) is 4.55. The molecule has 0 unspecified atom stereocenters. The lowest BCUT2D eigenvalue weighted by atomic mass is 10.3. The van der Waals surface area contributed by atoms with E-state index in [4.69, 9.17) is 4.74 Å². The van der Waals surface area contributed by atoms with Crippen molar-refractivity contribution >= 4 is 21.4 Å². The zero-order valence-electron chi connectivity index (χ0n) is 13.3. The average molecular weight is 351 g/mol. The first-order valence-electron chi connectivity index (χ1n) is 7.37. The van der Waals surface area contributed by atoms with Crippen molar-refractivity contribution < 1.29 is 22.3 Å². The van der Waals surface area contributed by atoms with Gasteiger partial charge in [0.25, 0.3) is 5.91 Å². The van der Waals surface area contributed by atoms with Gasteiger partial charge in [-0.1, -0.05) is 6.92 Å². The summed E-state index contributed by atoms with van der Waals surface area (Å²) in [5.74, 6) is -0.392. The molecule has 1 amide bonds. The van der Waals surface area contributed by atoms with Gasteiger partial charge in [0.05, 0.1) is 10.6 Å². The molecule has 0 fully saturated rings. The Balaban J connectivity index is 1.99. The third-order valence-electron chi connectivity index (χ3n) is 3.36. The summed E-state index contributed by atoms with van der Waals surface area (Å²) < 4.78 is 41.7. The van der Waals surface area contributed by atoms with Gasteiger partial charge in [0.2, 0.25) is 0 Å². The lowest BCUT2D eigenvalue weighted by Crippen LogP contribution is -2.30. The van der Waals surface area contributed by atoms with Crippen LogP contribution in [0.15, 0.2) is 53.4 Å². The Hall–Kier alpha value is -2.41. The maximum atomic E-state index is 12.8. The van der Waals surface area contributed by atoms with Crippen molar-refractivity contribution in [1.82, 2.24) is 0 Å². The van der Waals surface area contributed by atoms with E-state index in [0.29, 0.717) is 11.4 Å². The van der Waals surface area contributed by atoms with Crippen LogP contribution in [-0.2, 0) is 14.6 Å². The minimum absolute atomic E-state index is 0.0151. The van der Waals surface area contributed by atoms with Crippen molar-refractivity contribution in [3.05, 3.63) is 54.3 Å². The van der Waals surface area contributed by atoms with Crippen LogP contribution in [0.25, 0.3) is 0 Å². The first-order chi connectivity index (χ1) is 11.3. The van der Waals surface area contributed by atoms with Crippen LogP contribution in [-0.4, -0.2) is 26.2 Å². The van der Waals surface area contributed by atoms with E-state index in [9.17, 15) is 17.6 Å². The lowest BCUT2D eigenvalue weighted by Gasteiger charge is -2.15. The summed E-state index contributed by atoms with van der Waals surface area (Å²) in [6.45, 7) is 3.13. The van der Waals surface area contributed by atoms with E-state index in [1.165, 1.54) is 48.5 Å². The Bertz CT molecular complexity index is 801. The average Bonchev–Trinajstić information content (AvgIpc) is 2.57. The number of benzene rings is 2. The predicted octanol–water partition coefficient (Wildman–Crippen LogP) is 3.03. The van der Waals surface area contributed by atoms with E-state index in [2.05, 4.69) is 5.32 Å². The van der Waals surface area contributed by atoms with Gasteiger partial charge in [0.1, 0.15) is 11.6 Å². The van der Waals surface area contributed by atoms with Crippen LogP contribution in [0.3, 0.4) is 0 Å². The van der Waals surface area contributed by atoms with Gasteiger partial charge in [-0.25, -0.2) is 12.8 Å². The number of hydrogen-bond donors (Lipinski definition) is 1. The molecule has 0 bridgehead atoms. The lowest BCUT2D eigenvalue weighted by molar-refractivity contribution is -0.122. The zero-order chi connectivity index (χ0) is 17.7. The standard InChI is InChI=1S/C17H18FNO4S/c1-3-24(21,22)16-10-6-14(7-11-16)19-17(20)12(2)23-15-8-4-13(18)5-9-15/h4-12H,3H2,1-2H3,(H,19,20)/t12-/m1/s1. The van der Waals surface area contributed by atoms with Gasteiger partial charge >= 0.3 is 0 Å². The van der Waals surface area contributed by atoms with E-state index in [1.54, 1.807) is 13.8 Å². The second-order valence-corrected chi connectivity index (χ2v) is 7.41.